The van der Waals surface area contributed by atoms with Crippen LogP contribution in [0, 0.1) is 11.3 Å². The standard InChI is InChI=1S/C11H11N3O4S/c1-18-11(15)9-3-5-19(16,17)14(9)10-6-8(7-12)2-4-13-10/h2,4,6,9H,3,5H2,1H3. The highest BCUT2D eigenvalue weighted by molar-refractivity contribution is 7.93. The molecule has 1 aromatic heterocycles. The highest BCUT2D eigenvalue weighted by atomic mass is 32.2. The first-order valence-electron chi connectivity index (χ1n) is 5.45. The van der Waals surface area contributed by atoms with Gasteiger partial charge in [-0.25, -0.2) is 22.5 Å². The van der Waals surface area contributed by atoms with Crippen molar-refractivity contribution in [2.75, 3.05) is 17.2 Å². The van der Waals surface area contributed by atoms with Crippen molar-refractivity contribution in [1.29, 1.82) is 5.26 Å². The second-order valence-electron chi connectivity index (χ2n) is 3.95. The molecule has 0 aliphatic carbocycles. The molecule has 100 valence electrons. The Kier molecular flexibility index (Phi) is 3.40. The summed E-state index contributed by atoms with van der Waals surface area (Å²) in [5.74, 6) is -0.720. The van der Waals surface area contributed by atoms with Gasteiger partial charge in [0.2, 0.25) is 10.0 Å². The van der Waals surface area contributed by atoms with E-state index in [-0.39, 0.29) is 23.6 Å². The number of carbonyl (C=O) groups excluding carboxylic acids is 1. The number of aromatic nitrogens is 1. The minimum absolute atomic E-state index is 0.0620. The molecule has 1 unspecified atom stereocenters. The third-order valence-corrected chi connectivity index (χ3v) is 4.60. The second-order valence-corrected chi connectivity index (χ2v) is 5.92. The summed E-state index contributed by atoms with van der Waals surface area (Å²) in [5, 5.41) is 8.82. The predicted molar refractivity (Wildman–Crippen MR) is 65.6 cm³/mol. The molecule has 2 rings (SSSR count). The van der Waals surface area contributed by atoms with Gasteiger partial charge in [0.15, 0.2) is 0 Å². The van der Waals surface area contributed by atoms with Gasteiger partial charge in [0.1, 0.15) is 11.9 Å². The number of esters is 1. The number of nitrogens with zero attached hydrogens (tertiary/aromatic N) is 3. The van der Waals surface area contributed by atoms with E-state index < -0.39 is 22.0 Å². The van der Waals surface area contributed by atoms with Crippen LogP contribution in [0.5, 0.6) is 0 Å². The van der Waals surface area contributed by atoms with Crippen molar-refractivity contribution in [3.8, 4) is 6.07 Å². The van der Waals surface area contributed by atoms with E-state index in [4.69, 9.17) is 5.26 Å². The Morgan fingerprint density at radius 1 is 1.63 bits per heavy atom. The molecular weight excluding hydrogens is 270 g/mol. The zero-order chi connectivity index (χ0) is 14.0. The molecule has 7 nitrogen and oxygen atoms in total. The minimum Gasteiger partial charge on any atom is -0.467 e. The molecule has 8 heteroatoms. The summed E-state index contributed by atoms with van der Waals surface area (Å²) in [6.07, 6.45) is 1.48. The molecule has 0 radical (unpaired) electrons. The number of hydrogen-bond donors (Lipinski definition) is 0. The average molecular weight is 281 g/mol. The first kappa shape index (κ1) is 13.3. The van der Waals surface area contributed by atoms with Gasteiger partial charge in [-0.2, -0.15) is 5.26 Å². The van der Waals surface area contributed by atoms with Gasteiger partial charge in [0.05, 0.1) is 24.5 Å². The van der Waals surface area contributed by atoms with E-state index in [1.54, 1.807) is 0 Å². The number of methoxy groups -OCH3 is 1. The summed E-state index contributed by atoms with van der Waals surface area (Å²) in [5.41, 5.74) is 0.274. The third kappa shape index (κ3) is 2.37. The van der Waals surface area contributed by atoms with Crippen molar-refractivity contribution in [1.82, 2.24) is 4.98 Å². The molecule has 0 spiro atoms. The largest absolute Gasteiger partial charge is 0.467 e. The molecule has 0 N–H and O–H groups in total. The van der Waals surface area contributed by atoms with Crippen molar-refractivity contribution < 1.29 is 17.9 Å². The van der Waals surface area contributed by atoms with E-state index >= 15 is 0 Å². The Labute approximate surface area is 110 Å². The number of hydrogen-bond acceptors (Lipinski definition) is 6. The molecule has 0 amide bonds. The van der Waals surface area contributed by atoms with E-state index in [9.17, 15) is 13.2 Å². The molecule has 0 saturated carbocycles. The lowest BCUT2D eigenvalue weighted by molar-refractivity contribution is -0.141. The quantitative estimate of drug-likeness (QED) is 0.709. The summed E-state index contributed by atoms with van der Waals surface area (Å²) in [4.78, 5) is 15.5. The first-order chi connectivity index (χ1) is 8.99. The molecule has 1 fully saturated rings. The van der Waals surface area contributed by atoms with Crippen LogP contribution in [-0.2, 0) is 19.6 Å². The number of anilines is 1. The van der Waals surface area contributed by atoms with E-state index in [0.717, 1.165) is 4.31 Å². The van der Waals surface area contributed by atoms with Gasteiger partial charge < -0.3 is 4.74 Å². The normalized spacial score (nSPS) is 20.8. The monoisotopic (exact) mass is 281 g/mol. The number of pyridine rings is 1. The number of carbonyl (C=O) groups is 1. The minimum atomic E-state index is -3.61. The Morgan fingerprint density at radius 3 is 3.00 bits per heavy atom. The van der Waals surface area contributed by atoms with Crippen LogP contribution in [0.25, 0.3) is 0 Å². The summed E-state index contributed by atoms with van der Waals surface area (Å²) in [6, 6.07) is 3.77. The fourth-order valence-electron chi connectivity index (χ4n) is 1.93. The summed E-state index contributed by atoms with van der Waals surface area (Å²) < 4.78 is 29.5. The number of sulfonamides is 1. The molecule has 19 heavy (non-hydrogen) atoms. The van der Waals surface area contributed by atoms with Crippen LogP contribution in [0.15, 0.2) is 18.3 Å². The van der Waals surface area contributed by atoms with E-state index in [1.807, 2.05) is 6.07 Å². The lowest BCUT2D eigenvalue weighted by Crippen LogP contribution is -2.39. The molecule has 1 aliphatic heterocycles. The van der Waals surface area contributed by atoms with E-state index in [0.29, 0.717) is 0 Å². The fraction of sp³-hybridized carbons (Fsp3) is 0.364. The van der Waals surface area contributed by atoms with Crippen molar-refractivity contribution in [2.45, 2.75) is 12.5 Å². The van der Waals surface area contributed by atoms with Crippen LogP contribution in [0.1, 0.15) is 12.0 Å². The summed E-state index contributed by atoms with van der Waals surface area (Å²) >= 11 is 0. The van der Waals surface area contributed by atoms with Crippen molar-refractivity contribution in [2.24, 2.45) is 0 Å². The highest BCUT2D eigenvalue weighted by Gasteiger charge is 2.43. The van der Waals surface area contributed by atoms with Crippen molar-refractivity contribution in [3.05, 3.63) is 23.9 Å². The van der Waals surface area contributed by atoms with Crippen molar-refractivity contribution in [3.63, 3.8) is 0 Å². The van der Waals surface area contributed by atoms with Crippen LogP contribution >= 0.6 is 0 Å². The van der Waals surface area contributed by atoms with Crippen molar-refractivity contribution >= 4 is 21.8 Å². The first-order valence-corrected chi connectivity index (χ1v) is 7.06. The van der Waals surface area contributed by atoms with Gasteiger partial charge in [0, 0.05) is 6.20 Å². The van der Waals surface area contributed by atoms with Crippen LogP contribution in [-0.4, -0.2) is 38.3 Å². The van der Waals surface area contributed by atoms with Gasteiger partial charge in [-0.15, -0.1) is 0 Å². The number of rotatable bonds is 2. The smallest absolute Gasteiger partial charge is 0.329 e. The number of ether oxygens (including phenoxy) is 1. The van der Waals surface area contributed by atoms with Crippen LogP contribution in [0.2, 0.25) is 0 Å². The third-order valence-electron chi connectivity index (χ3n) is 2.81. The molecule has 1 aliphatic rings. The maximum absolute atomic E-state index is 12.0. The Hall–Kier alpha value is -2.14. The maximum Gasteiger partial charge on any atom is 0.329 e. The maximum atomic E-state index is 12.0. The molecule has 0 aromatic carbocycles. The molecule has 2 heterocycles. The second kappa shape index (κ2) is 4.85. The average Bonchev–Trinajstić information content (AvgIpc) is 2.73. The zero-order valence-corrected chi connectivity index (χ0v) is 10.9. The molecule has 1 saturated heterocycles. The van der Waals surface area contributed by atoms with Crippen LogP contribution < -0.4 is 4.31 Å². The summed E-state index contributed by atoms with van der Waals surface area (Å²) in [7, 11) is -2.41. The van der Waals surface area contributed by atoms with Crippen LogP contribution in [0.3, 0.4) is 0 Å². The van der Waals surface area contributed by atoms with E-state index in [1.165, 1.54) is 25.4 Å². The highest BCUT2D eigenvalue weighted by Crippen LogP contribution is 2.28. The Bertz CT molecular complexity index is 650. The van der Waals surface area contributed by atoms with Gasteiger partial charge >= 0.3 is 5.97 Å². The molecular formula is C11H11N3O4S. The van der Waals surface area contributed by atoms with E-state index in [2.05, 4.69) is 9.72 Å². The Morgan fingerprint density at radius 2 is 2.37 bits per heavy atom. The molecule has 1 aromatic rings. The number of nitriles is 1. The SMILES string of the molecule is COC(=O)C1CCS(=O)(=O)N1c1cc(C#N)ccn1. The summed E-state index contributed by atoms with van der Waals surface area (Å²) in [6.45, 7) is 0. The topological polar surface area (TPSA) is 100 Å². The fourth-order valence-corrected chi connectivity index (χ4v) is 3.61. The van der Waals surface area contributed by atoms with Crippen LogP contribution in [0.4, 0.5) is 5.82 Å². The molecule has 0 bridgehead atoms. The van der Waals surface area contributed by atoms with Gasteiger partial charge in [-0.3, -0.25) is 0 Å². The molecule has 1 atom stereocenters. The van der Waals surface area contributed by atoms with Gasteiger partial charge in [-0.05, 0) is 18.6 Å². The lowest BCUT2D eigenvalue weighted by atomic mass is 10.2. The predicted octanol–water partition coefficient (Wildman–Crippen LogP) is 0.0348. The van der Waals surface area contributed by atoms with Gasteiger partial charge in [0.25, 0.3) is 0 Å². The Balaban J connectivity index is 2.48. The lowest BCUT2D eigenvalue weighted by Gasteiger charge is -2.22. The van der Waals surface area contributed by atoms with Gasteiger partial charge in [-0.1, -0.05) is 0 Å². The zero-order valence-electron chi connectivity index (χ0n) is 10.1.